The van der Waals surface area contributed by atoms with Gasteiger partial charge in [0.05, 0.1) is 7.11 Å². The Bertz CT molecular complexity index is 967. The molecule has 5 heteroatoms. The second kappa shape index (κ2) is 8.53. The van der Waals surface area contributed by atoms with Crippen LogP contribution in [0.15, 0.2) is 48.0 Å². The van der Waals surface area contributed by atoms with Gasteiger partial charge in [-0.15, -0.1) is 0 Å². The van der Waals surface area contributed by atoms with Crippen LogP contribution in [0.25, 0.3) is 6.08 Å². The van der Waals surface area contributed by atoms with Gasteiger partial charge in [-0.05, 0) is 67.2 Å². The topological polar surface area (TPSA) is 76.4 Å². The van der Waals surface area contributed by atoms with Crippen LogP contribution in [-0.2, 0) is 22.4 Å². The van der Waals surface area contributed by atoms with E-state index in [1.807, 2.05) is 18.2 Å². The zero-order valence-corrected chi connectivity index (χ0v) is 15.9. The molecule has 0 saturated heterocycles. The molecule has 0 unspecified atom stereocenters. The second-order valence-corrected chi connectivity index (χ2v) is 6.69. The highest BCUT2D eigenvalue weighted by Gasteiger charge is 2.23. The minimum absolute atomic E-state index is 0.168. The number of carbonyl (C=O) groups is 2. The SMILES string of the molecule is COc1ccc(/C=C(\C#N)C(=O)O[C@@H](C)C(=O)c2ccc3c(c2)CCC3)cc1. The van der Waals surface area contributed by atoms with Crippen molar-refractivity contribution in [3.8, 4) is 11.8 Å². The molecule has 0 amide bonds. The first kappa shape index (κ1) is 19.4. The van der Waals surface area contributed by atoms with Crippen LogP contribution in [0.1, 0.15) is 40.4 Å². The minimum atomic E-state index is -0.973. The number of hydrogen-bond acceptors (Lipinski definition) is 5. The Kier molecular flexibility index (Phi) is 5.90. The fourth-order valence-electron chi connectivity index (χ4n) is 3.24. The maximum absolute atomic E-state index is 12.6. The van der Waals surface area contributed by atoms with Crippen molar-refractivity contribution in [1.29, 1.82) is 5.26 Å². The van der Waals surface area contributed by atoms with Gasteiger partial charge in [-0.1, -0.05) is 24.3 Å². The molecule has 0 N–H and O–H groups in total. The van der Waals surface area contributed by atoms with E-state index in [-0.39, 0.29) is 11.4 Å². The average Bonchev–Trinajstić information content (AvgIpc) is 3.19. The van der Waals surface area contributed by atoms with Crippen molar-refractivity contribution >= 4 is 17.8 Å². The van der Waals surface area contributed by atoms with E-state index in [2.05, 4.69) is 0 Å². The van der Waals surface area contributed by atoms with Gasteiger partial charge in [0, 0.05) is 5.56 Å². The second-order valence-electron chi connectivity index (χ2n) is 6.69. The van der Waals surface area contributed by atoms with Crippen LogP contribution in [-0.4, -0.2) is 25.0 Å². The molecule has 0 fully saturated rings. The maximum atomic E-state index is 12.6. The molecule has 2 aromatic carbocycles. The molecule has 2 aromatic rings. The summed E-state index contributed by atoms with van der Waals surface area (Å²) in [6.07, 6.45) is 3.55. The van der Waals surface area contributed by atoms with E-state index >= 15 is 0 Å². The van der Waals surface area contributed by atoms with E-state index in [4.69, 9.17) is 9.47 Å². The highest BCUT2D eigenvalue weighted by atomic mass is 16.5. The van der Waals surface area contributed by atoms with Gasteiger partial charge in [0.15, 0.2) is 6.10 Å². The fraction of sp³-hybridized carbons (Fsp3) is 0.261. The zero-order chi connectivity index (χ0) is 20.1. The molecule has 1 aliphatic rings. The Morgan fingerprint density at radius 2 is 1.82 bits per heavy atom. The summed E-state index contributed by atoms with van der Waals surface area (Å²) in [6.45, 7) is 1.52. The summed E-state index contributed by atoms with van der Waals surface area (Å²) >= 11 is 0. The first-order valence-electron chi connectivity index (χ1n) is 9.14. The first-order valence-corrected chi connectivity index (χ1v) is 9.14. The molecular formula is C23H21NO4. The summed E-state index contributed by atoms with van der Waals surface area (Å²) < 4.78 is 10.3. The Balaban J connectivity index is 1.70. The molecule has 28 heavy (non-hydrogen) atoms. The Morgan fingerprint density at radius 3 is 2.50 bits per heavy atom. The number of benzene rings is 2. The van der Waals surface area contributed by atoms with Crippen LogP contribution in [0.2, 0.25) is 0 Å². The molecule has 1 atom stereocenters. The standard InChI is InChI=1S/C23H21NO4/c1-15(22(25)19-9-8-17-4-3-5-18(17)13-19)28-23(26)20(14-24)12-16-6-10-21(27-2)11-7-16/h6-13,15H,3-5H2,1-2H3/b20-12+/t15-/m0/s1. The molecule has 0 saturated carbocycles. The van der Waals surface area contributed by atoms with Gasteiger partial charge in [-0.2, -0.15) is 5.26 Å². The lowest BCUT2D eigenvalue weighted by molar-refractivity contribution is -0.141. The van der Waals surface area contributed by atoms with E-state index in [1.165, 1.54) is 24.1 Å². The van der Waals surface area contributed by atoms with Crippen molar-refractivity contribution in [2.45, 2.75) is 32.3 Å². The molecule has 142 valence electrons. The summed E-state index contributed by atoms with van der Waals surface area (Å²) in [6, 6.07) is 14.4. The average molecular weight is 375 g/mol. The Hall–Kier alpha value is -3.39. The summed E-state index contributed by atoms with van der Waals surface area (Å²) in [7, 11) is 1.56. The van der Waals surface area contributed by atoms with Crippen LogP contribution >= 0.6 is 0 Å². The van der Waals surface area contributed by atoms with Crippen molar-refractivity contribution in [2.24, 2.45) is 0 Å². The highest BCUT2D eigenvalue weighted by molar-refractivity contribution is 6.03. The maximum Gasteiger partial charge on any atom is 0.349 e. The van der Waals surface area contributed by atoms with Crippen molar-refractivity contribution in [2.75, 3.05) is 7.11 Å². The minimum Gasteiger partial charge on any atom is -0.497 e. The highest BCUT2D eigenvalue weighted by Crippen LogP contribution is 2.24. The lowest BCUT2D eigenvalue weighted by Crippen LogP contribution is -2.25. The summed E-state index contributed by atoms with van der Waals surface area (Å²) in [4.78, 5) is 25.0. The lowest BCUT2D eigenvalue weighted by Gasteiger charge is -2.13. The van der Waals surface area contributed by atoms with Crippen molar-refractivity contribution in [1.82, 2.24) is 0 Å². The molecule has 5 nitrogen and oxygen atoms in total. The molecule has 0 aliphatic heterocycles. The number of esters is 1. The van der Waals surface area contributed by atoms with Crippen molar-refractivity contribution in [3.63, 3.8) is 0 Å². The molecule has 0 radical (unpaired) electrons. The van der Waals surface area contributed by atoms with E-state index in [0.717, 1.165) is 19.3 Å². The summed E-state index contributed by atoms with van der Waals surface area (Å²) in [5.41, 5.74) is 3.47. The third kappa shape index (κ3) is 4.29. The predicted octanol–water partition coefficient (Wildman–Crippen LogP) is 3.91. The van der Waals surface area contributed by atoms with Gasteiger partial charge in [-0.25, -0.2) is 4.79 Å². The van der Waals surface area contributed by atoms with Gasteiger partial charge in [0.2, 0.25) is 5.78 Å². The van der Waals surface area contributed by atoms with E-state index in [9.17, 15) is 14.9 Å². The van der Waals surface area contributed by atoms with Crippen LogP contribution in [0.4, 0.5) is 0 Å². The number of rotatable bonds is 6. The normalized spacial score (nSPS) is 14.0. The van der Waals surface area contributed by atoms with Gasteiger partial charge in [-0.3, -0.25) is 4.79 Å². The Morgan fingerprint density at radius 1 is 1.11 bits per heavy atom. The van der Waals surface area contributed by atoms with Crippen LogP contribution < -0.4 is 4.74 Å². The predicted molar refractivity (Wildman–Crippen MR) is 105 cm³/mol. The number of nitrogens with zero attached hydrogens (tertiary/aromatic N) is 1. The number of ether oxygens (including phenoxy) is 2. The number of fused-ring (bicyclic) bond motifs is 1. The van der Waals surface area contributed by atoms with Gasteiger partial charge in [0.1, 0.15) is 17.4 Å². The largest absolute Gasteiger partial charge is 0.497 e. The van der Waals surface area contributed by atoms with Crippen molar-refractivity contribution in [3.05, 3.63) is 70.3 Å². The van der Waals surface area contributed by atoms with E-state index in [1.54, 1.807) is 37.4 Å². The van der Waals surface area contributed by atoms with Crippen LogP contribution in [0.3, 0.4) is 0 Å². The third-order valence-corrected chi connectivity index (χ3v) is 4.80. The number of methoxy groups -OCH3 is 1. The van der Waals surface area contributed by atoms with Crippen LogP contribution in [0, 0.1) is 11.3 Å². The molecule has 3 rings (SSSR count). The number of carbonyl (C=O) groups excluding carboxylic acids is 2. The summed E-state index contributed by atoms with van der Waals surface area (Å²) in [5, 5.41) is 9.30. The smallest absolute Gasteiger partial charge is 0.349 e. The third-order valence-electron chi connectivity index (χ3n) is 4.80. The number of ketones is 1. The molecule has 0 bridgehead atoms. The van der Waals surface area contributed by atoms with Gasteiger partial charge < -0.3 is 9.47 Å². The van der Waals surface area contributed by atoms with E-state index < -0.39 is 12.1 Å². The Labute approximate surface area is 164 Å². The summed E-state index contributed by atoms with van der Waals surface area (Å²) in [5.74, 6) is -0.420. The molecule has 1 aliphatic carbocycles. The molecule has 0 spiro atoms. The number of nitriles is 1. The number of hydrogen-bond donors (Lipinski definition) is 0. The zero-order valence-electron chi connectivity index (χ0n) is 15.9. The lowest BCUT2D eigenvalue weighted by atomic mass is 10.0. The van der Waals surface area contributed by atoms with Crippen LogP contribution in [0.5, 0.6) is 5.75 Å². The number of Topliss-reactive ketones (excluding diaryl/α,β-unsaturated/α-hetero) is 1. The first-order chi connectivity index (χ1) is 13.5. The van der Waals surface area contributed by atoms with E-state index in [0.29, 0.717) is 16.9 Å². The number of aryl methyl sites for hydroxylation is 2. The fourth-order valence-corrected chi connectivity index (χ4v) is 3.24. The van der Waals surface area contributed by atoms with Gasteiger partial charge in [0.25, 0.3) is 0 Å². The monoisotopic (exact) mass is 375 g/mol. The molecular weight excluding hydrogens is 354 g/mol. The van der Waals surface area contributed by atoms with Crippen molar-refractivity contribution < 1.29 is 19.1 Å². The quantitative estimate of drug-likeness (QED) is 0.331. The molecule has 0 heterocycles. The molecule has 0 aromatic heterocycles. The van der Waals surface area contributed by atoms with Gasteiger partial charge >= 0.3 is 5.97 Å².